The zero-order valence-corrected chi connectivity index (χ0v) is 10.7. The monoisotopic (exact) mass is 258 g/mol. The van der Waals surface area contributed by atoms with Gasteiger partial charge in [0.2, 0.25) is 0 Å². The summed E-state index contributed by atoms with van der Waals surface area (Å²) in [6.45, 7) is 0.525. The molecule has 2 rings (SSSR count). The number of carboxylic acids is 1. The van der Waals surface area contributed by atoms with Gasteiger partial charge in [-0.2, -0.15) is 0 Å². The number of nitrogens with two attached hydrogens (primary N) is 1. The maximum atomic E-state index is 11.3. The van der Waals surface area contributed by atoms with Crippen molar-refractivity contribution in [3.05, 3.63) is 42.1 Å². The molecule has 100 valence electrons. The molecule has 2 aromatic rings. The Morgan fingerprint density at radius 3 is 2.84 bits per heavy atom. The Bertz CT molecular complexity index is 564. The Kier molecular flexibility index (Phi) is 4.47. The van der Waals surface area contributed by atoms with E-state index < -0.39 is 11.9 Å². The van der Waals surface area contributed by atoms with Crippen LogP contribution >= 0.6 is 0 Å². The minimum absolute atomic E-state index is 0.392. The Balaban J connectivity index is 2.26. The minimum atomic E-state index is -0.763. The van der Waals surface area contributed by atoms with Crippen LogP contribution in [0.2, 0.25) is 0 Å². The van der Waals surface area contributed by atoms with Gasteiger partial charge in [-0.1, -0.05) is 24.3 Å². The number of aliphatic carboxylic acids is 1. The lowest BCUT2D eigenvalue weighted by atomic mass is 9.93. The van der Waals surface area contributed by atoms with Gasteiger partial charge in [0.05, 0.1) is 11.4 Å². The number of hydrogen-bond acceptors (Lipinski definition) is 3. The summed E-state index contributed by atoms with van der Waals surface area (Å²) in [6.07, 6.45) is 3.58. The number of hydrogen-bond donors (Lipinski definition) is 2. The van der Waals surface area contributed by atoms with Crippen LogP contribution in [0.1, 0.15) is 18.4 Å². The van der Waals surface area contributed by atoms with Gasteiger partial charge in [0.1, 0.15) is 0 Å². The van der Waals surface area contributed by atoms with Crippen LogP contribution in [0.15, 0.2) is 36.5 Å². The van der Waals surface area contributed by atoms with Gasteiger partial charge in [0, 0.05) is 11.6 Å². The van der Waals surface area contributed by atoms with E-state index in [9.17, 15) is 9.90 Å². The molecule has 3 N–H and O–H groups in total. The lowest BCUT2D eigenvalue weighted by molar-refractivity contribution is -0.141. The van der Waals surface area contributed by atoms with E-state index in [1.165, 1.54) is 0 Å². The number of rotatable bonds is 6. The predicted octanol–water partition coefficient (Wildman–Crippen LogP) is 2.22. The maximum Gasteiger partial charge on any atom is 0.306 e. The first-order valence-corrected chi connectivity index (χ1v) is 6.48. The van der Waals surface area contributed by atoms with Gasteiger partial charge in [-0.05, 0) is 37.4 Å². The van der Waals surface area contributed by atoms with Crippen molar-refractivity contribution >= 4 is 16.9 Å². The summed E-state index contributed by atoms with van der Waals surface area (Å²) in [5, 5.41) is 10.3. The Hall–Kier alpha value is -1.94. The average Bonchev–Trinajstić information content (AvgIpc) is 2.43. The molecule has 0 aliphatic rings. The Labute approximate surface area is 112 Å². The molecule has 0 aliphatic carbocycles. The SMILES string of the molecule is NCCCC(Cc1cccc2cccnc12)C(=O)O. The van der Waals surface area contributed by atoms with Crippen molar-refractivity contribution in [3.8, 4) is 0 Å². The summed E-state index contributed by atoms with van der Waals surface area (Å²) in [4.78, 5) is 15.6. The standard InChI is InChI=1S/C15H18N2O2/c16-8-2-6-13(15(18)19)10-12-5-1-4-11-7-3-9-17-14(11)12/h1,3-5,7,9,13H,2,6,8,10,16H2,(H,18,19). The van der Waals surface area contributed by atoms with Crippen LogP contribution in [0.3, 0.4) is 0 Å². The highest BCUT2D eigenvalue weighted by Crippen LogP contribution is 2.21. The van der Waals surface area contributed by atoms with Crippen LogP contribution in [0.25, 0.3) is 10.9 Å². The van der Waals surface area contributed by atoms with Gasteiger partial charge in [-0.3, -0.25) is 9.78 Å². The number of benzene rings is 1. The molecule has 0 saturated carbocycles. The molecule has 0 bridgehead atoms. The van der Waals surface area contributed by atoms with Crippen molar-refractivity contribution in [2.75, 3.05) is 6.54 Å². The topological polar surface area (TPSA) is 76.2 Å². The third kappa shape index (κ3) is 3.29. The van der Waals surface area contributed by atoms with E-state index in [-0.39, 0.29) is 0 Å². The van der Waals surface area contributed by atoms with E-state index in [1.54, 1.807) is 6.20 Å². The molecule has 1 atom stereocenters. The largest absolute Gasteiger partial charge is 0.481 e. The maximum absolute atomic E-state index is 11.3. The van der Waals surface area contributed by atoms with Crippen molar-refractivity contribution < 1.29 is 9.90 Å². The lowest BCUT2D eigenvalue weighted by Gasteiger charge is -2.13. The third-order valence-corrected chi connectivity index (χ3v) is 3.29. The van der Waals surface area contributed by atoms with E-state index in [2.05, 4.69) is 4.98 Å². The summed E-state index contributed by atoms with van der Waals surface area (Å²) in [5.41, 5.74) is 7.34. The summed E-state index contributed by atoms with van der Waals surface area (Å²) in [6, 6.07) is 9.76. The summed E-state index contributed by atoms with van der Waals surface area (Å²) in [5.74, 6) is -1.16. The van der Waals surface area contributed by atoms with Crippen molar-refractivity contribution in [1.29, 1.82) is 0 Å². The quantitative estimate of drug-likeness (QED) is 0.833. The summed E-state index contributed by atoms with van der Waals surface area (Å²) >= 11 is 0. The fraction of sp³-hybridized carbons (Fsp3) is 0.333. The summed E-state index contributed by atoms with van der Waals surface area (Å²) < 4.78 is 0. The minimum Gasteiger partial charge on any atom is -0.481 e. The van der Waals surface area contributed by atoms with E-state index in [0.29, 0.717) is 19.4 Å². The molecule has 1 heterocycles. The van der Waals surface area contributed by atoms with Gasteiger partial charge in [-0.25, -0.2) is 0 Å². The first-order chi connectivity index (χ1) is 9.22. The van der Waals surface area contributed by atoms with Crippen LogP contribution in [0.5, 0.6) is 0 Å². The fourth-order valence-electron chi connectivity index (χ4n) is 2.27. The van der Waals surface area contributed by atoms with Crippen LogP contribution in [0.4, 0.5) is 0 Å². The van der Waals surface area contributed by atoms with Crippen molar-refractivity contribution in [2.45, 2.75) is 19.3 Å². The highest BCUT2D eigenvalue weighted by atomic mass is 16.4. The predicted molar refractivity (Wildman–Crippen MR) is 74.9 cm³/mol. The van der Waals surface area contributed by atoms with Crippen molar-refractivity contribution in [1.82, 2.24) is 4.98 Å². The second kappa shape index (κ2) is 6.29. The van der Waals surface area contributed by atoms with Gasteiger partial charge in [0.15, 0.2) is 0 Å². The number of carbonyl (C=O) groups is 1. The molecule has 1 aromatic carbocycles. The van der Waals surface area contributed by atoms with E-state index in [1.807, 2.05) is 30.3 Å². The number of pyridine rings is 1. The van der Waals surface area contributed by atoms with Crippen LogP contribution in [-0.4, -0.2) is 22.6 Å². The highest BCUT2D eigenvalue weighted by molar-refractivity contribution is 5.82. The molecule has 1 aromatic heterocycles. The number of para-hydroxylation sites is 1. The molecule has 4 nitrogen and oxygen atoms in total. The third-order valence-electron chi connectivity index (χ3n) is 3.29. The molecule has 0 spiro atoms. The van der Waals surface area contributed by atoms with Gasteiger partial charge >= 0.3 is 5.97 Å². The molecule has 0 amide bonds. The lowest BCUT2D eigenvalue weighted by Crippen LogP contribution is -2.18. The molecule has 0 saturated heterocycles. The second-order valence-electron chi connectivity index (χ2n) is 4.66. The van der Waals surface area contributed by atoms with Gasteiger partial charge in [-0.15, -0.1) is 0 Å². The molecule has 0 aliphatic heterocycles. The number of aromatic nitrogens is 1. The first-order valence-electron chi connectivity index (χ1n) is 6.48. The zero-order chi connectivity index (χ0) is 13.7. The van der Waals surface area contributed by atoms with Crippen molar-refractivity contribution in [2.24, 2.45) is 11.7 Å². The second-order valence-corrected chi connectivity index (χ2v) is 4.66. The number of carboxylic acid groups (broad SMARTS) is 1. The molecule has 19 heavy (non-hydrogen) atoms. The van der Waals surface area contributed by atoms with Gasteiger partial charge < -0.3 is 10.8 Å². The Morgan fingerprint density at radius 2 is 2.11 bits per heavy atom. The normalized spacial score (nSPS) is 12.5. The number of fused-ring (bicyclic) bond motifs is 1. The molecule has 1 unspecified atom stereocenters. The highest BCUT2D eigenvalue weighted by Gasteiger charge is 2.18. The average molecular weight is 258 g/mol. The van der Waals surface area contributed by atoms with Crippen molar-refractivity contribution in [3.63, 3.8) is 0 Å². The zero-order valence-electron chi connectivity index (χ0n) is 10.7. The summed E-state index contributed by atoms with van der Waals surface area (Å²) in [7, 11) is 0. The van der Waals surface area contributed by atoms with Crippen LogP contribution in [-0.2, 0) is 11.2 Å². The van der Waals surface area contributed by atoms with Crippen LogP contribution in [0, 0.1) is 5.92 Å². The first kappa shape index (κ1) is 13.5. The molecule has 4 heteroatoms. The number of nitrogens with zero attached hydrogens (tertiary/aromatic N) is 1. The smallest absolute Gasteiger partial charge is 0.306 e. The Morgan fingerprint density at radius 1 is 1.32 bits per heavy atom. The van der Waals surface area contributed by atoms with E-state index in [4.69, 9.17) is 5.73 Å². The molecular weight excluding hydrogens is 240 g/mol. The van der Waals surface area contributed by atoms with E-state index >= 15 is 0 Å². The molecular formula is C15H18N2O2. The van der Waals surface area contributed by atoms with Gasteiger partial charge in [0.25, 0.3) is 0 Å². The molecule has 0 fully saturated rings. The fourth-order valence-corrected chi connectivity index (χ4v) is 2.27. The molecule has 0 radical (unpaired) electrons. The van der Waals surface area contributed by atoms with Crippen LogP contribution < -0.4 is 5.73 Å². The van der Waals surface area contributed by atoms with E-state index in [0.717, 1.165) is 22.9 Å².